The van der Waals surface area contributed by atoms with Crippen molar-refractivity contribution in [2.45, 2.75) is 25.8 Å². The van der Waals surface area contributed by atoms with E-state index < -0.39 is 22.8 Å². The number of nitrogens with zero attached hydrogens (tertiary/aromatic N) is 3. The van der Waals surface area contributed by atoms with Crippen molar-refractivity contribution >= 4 is 34.2 Å². The quantitative estimate of drug-likeness (QED) is 0.296. The van der Waals surface area contributed by atoms with Crippen LogP contribution in [0.2, 0.25) is 0 Å². The number of halogens is 2. The third-order valence-electron chi connectivity index (χ3n) is 4.53. The number of aliphatic hydroxyl groups is 1. The first-order valence-electron chi connectivity index (χ1n) is 8.59. The minimum Gasteiger partial charge on any atom is -0.515 e. The number of carbonyl (C=O) groups excluding carboxylic acids is 1. The molecule has 0 amide bonds. The number of carbonyl (C=O) groups is 1. The summed E-state index contributed by atoms with van der Waals surface area (Å²) in [7, 11) is 3.12. The Morgan fingerprint density at radius 2 is 1.96 bits per heavy atom. The standard InChI is InChI=1S/C19H19FIN3O4/c1-10(9-25)16(26)15-17(22(2)3)24(14-7-4-11(21)8-13(14)20)19(28)23(18(15)27)12-5-6-12/h4,7-9,12,25H,5-6H2,1-3H3. The lowest BCUT2D eigenvalue weighted by Crippen LogP contribution is -2.44. The van der Waals surface area contributed by atoms with Crippen LogP contribution in [0.15, 0.2) is 39.6 Å². The molecule has 0 unspecified atom stereocenters. The van der Waals surface area contributed by atoms with Gasteiger partial charge in [-0.15, -0.1) is 0 Å². The average Bonchev–Trinajstić information content (AvgIpc) is 3.45. The average molecular weight is 499 g/mol. The minimum atomic E-state index is -0.732. The molecule has 1 saturated carbocycles. The first-order valence-corrected chi connectivity index (χ1v) is 9.66. The van der Waals surface area contributed by atoms with E-state index in [0.29, 0.717) is 22.7 Å². The van der Waals surface area contributed by atoms with Gasteiger partial charge in [0.15, 0.2) is 0 Å². The molecule has 0 bridgehead atoms. The van der Waals surface area contributed by atoms with Gasteiger partial charge in [0.05, 0.1) is 11.9 Å². The molecule has 1 aliphatic carbocycles. The minimum absolute atomic E-state index is 0.0294. The van der Waals surface area contributed by atoms with Gasteiger partial charge in [-0.05, 0) is 60.6 Å². The fraction of sp³-hybridized carbons (Fsp3) is 0.316. The van der Waals surface area contributed by atoms with Gasteiger partial charge in [-0.1, -0.05) is 0 Å². The zero-order chi connectivity index (χ0) is 20.7. The summed E-state index contributed by atoms with van der Waals surface area (Å²) in [4.78, 5) is 40.6. The number of benzene rings is 1. The van der Waals surface area contributed by atoms with E-state index in [9.17, 15) is 23.9 Å². The van der Waals surface area contributed by atoms with Crippen LogP contribution in [0.3, 0.4) is 0 Å². The summed E-state index contributed by atoms with van der Waals surface area (Å²) >= 11 is 1.95. The number of anilines is 1. The lowest BCUT2D eigenvalue weighted by atomic mass is 10.1. The fourth-order valence-electron chi connectivity index (χ4n) is 3.03. The van der Waals surface area contributed by atoms with Gasteiger partial charge in [-0.25, -0.2) is 13.8 Å². The first kappa shape index (κ1) is 20.3. The second kappa shape index (κ2) is 7.53. The molecule has 28 heavy (non-hydrogen) atoms. The highest BCUT2D eigenvalue weighted by atomic mass is 127. The highest BCUT2D eigenvalue weighted by Crippen LogP contribution is 2.33. The van der Waals surface area contributed by atoms with E-state index in [0.717, 1.165) is 9.13 Å². The summed E-state index contributed by atoms with van der Waals surface area (Å²) in [5, 5.41) is 9.26. The molecule has 1 heterocycles. The molecule has 0 spiro atoms. The molecular formula is C19H19FIN3O4. The van der Waals surface area contributed by atoms with E-state index >= 15 is 0 Å². The molecule has 0 atom stereocenters. The summed E-state index contributed by atoms with van der Waals surface area (Å²) in [6.45, 7) is 1.36. The number of aliphatic hydroxyl groups excluding tert-OH is 1. The summed E-state index contributed by atoms with van der Waals surface area (Å²) in [5.74, 6) is -1.39. The van der Waals surface area contributed by atoms with Gasteiger partial charge in [0.25, 0.3) is 5.56 Å². The van der Waals surface area contributed by atoms with Crippen LogP contribution < -0.4 is 16.1 Å². The molecule has 1 aromatic carbocycles. The maximum absolute atomic E-state index is 14.8. The van der Waals surface area contributed by atoms with E-state index in [1.165, 1.54) is 24.0 Å². The summed E-state index contributed by atoms with van der Waals surface area (Å²) in [5.41, 5.74) is -1.82. The largest absolute Gasteiger partial charge is 0.515 e. The first-order chi connectivity index (χ1) is 13.2. The SMILES string of the molecule is CC(=CO)C(=O)c1c(N(C)C)n(-c2ccc(I)cc2F)c(=O)n(C2CC2)c1=O. The van der Waals surface area contributed by atoms with Gasteiger partial charge < -0.3 is 10.0 Å². The van der Waals surface area contributed by atoms with E-state index in [4.69, 9.17) is 0 Å². The Morgan fingerprint density at radius 1 is 1.32 bits per heavy atom. The normalized spacial score (nSPS) is 14.2. The molecule has 2 aromatic rings. The number of Topliss-reactive ketones (excluding diaryl/α,β-unsaturated/α-hetero) is 1. The third kappa shape index (κ3) is 3.38. The van der Waals surface area contributed by atoms with Crippen LogP contribution >= 0.6 is 22.6 Å². The molecule has 9 heteroatoms. The van der Waals surface area contributed by atoms with Gasteiger partial charge in [0.2, 0.25) is 5.78 Å². The number of rotatable bonds is 5. The lowest BCUT2D eigenvalue weighted by Gasteiger charge is -2.24. The van der Waals surface area contributed by atoms with Crippen molar-refractivity contribution in [1.82, 2.24) is 9.13 Å². The predicted molar refractivity (Wildman–Crippen MR) is 112 cm³/mol. The number of aromatic nitrogens is 2. The van der Waals surface area contributed by atoms with Gasteiger partial charge in [-0.2, -0.15) is 0 Å². The van der Waals surface area contributed by atoms with Crippen molar-refractivity contribution in [2.75, 3.05) is 19.0 Å². The van der Waals surface area contributed by atoms with Crippen LogP contribution in [0.5, 0.6) is 0 Å². The highest BCUT2D eigenvalue weighted by Gasteiger charge is 2.34. The molecule has 1 aliphatic rings. The number of allylic oxidation sites excluding steroid dienone is 1. The van der Waals surface area contributed by atoms with Crippen LogP contribution in [-0.4, -0.2) is 34.1 Å². The highest BCUT2D eigenvalue weighted by molar-refractivity contribution is 14.1. The monoisotopic (exact) mass is 499 g/mol. The van der Waals surface area contributed by atoms with E-state index in [1.54, 1.807) is 20.2 Å². The number of ketones is 1. The Hall–Kier alpha value is -2.43. The zero-order valence-corrected chi connectivity index (χ0v) is 17.7. The van der Waals surface area contributed by atoms with Crippen LogP contribution in [0.1, 0.15) is 36.2 Å². The van der Waals surface area contributed by atoms with Crippen LogP contribution in [-0.2, 0) is 0 Å². The Morgan fingerprint density at radius 3 is 2.46 bits per heavy atom. The molecule has 0 aliphatic heterocycles. The molecule has 0 radical (unpaired) electrons. The third-order valence-corrected chi connectivity index (χ3v) is 5.20. The van der Waals surface area contributed by atoms with Crippen LogP contribution in [0.4, 0.5) is 10.2 Å². The summed E-state index contributed by atoms with van der Waals surface area (Å²) < 4.78 is 17.5. The van der Waals surface area contributed by atoms with Gasteiger partial charge >= 0.3 is 5.69 Å². The second-order valence-electron chi connectivity index (χ2n) is 6.85. The Labute approximate surface area is 173 Å². The summed E-state index contributed by atoms with van der Waals surface area (Å²) in [6, 6.07) is 4.03. The molecule has 1 fully saturated rings. The summed E-state index contributed by atoms with van der Waals surface area (Å²) in [6.07, 6.45) is 1.88. The number of hydrogen-bond donors (Lipinski definition) is 1. The number of hydrogen-bond acceptors (Lipinski definition) is 5. The van der Waals surface area contributed by atoms with Gasteiger partial charge in [0.1, 0.15) is 17.2 Å². The maximum atomic E-state index is 14.8. The maximum Gasteiger partial charge on any atom is 0.337 e. The van der Waals surface area contributed by atoms with Crippen LogP contribution in [0.25, 0.3) is 5.69 Å². The second-order valence-corrected chi connectivity index (χ2v) is 8.10. The van der Waals surface area contributed by atoms with E-state index in [2.05, 4.69) is 0 Å². The topological polar surface area (TPSA) is 84.5 Å². The molecule has 3 rings (SSSR count). The Balaban J connectivity index is 2.51. The molecule has 1 aromatic heterocycles. The smallest absolute Gasteiger partial charge is 0.337 e. The zero-order valence-electron chi connectivity index (χ0n) is 15.6. The van der Waals surface area contributed by atoms with Crippen LogP contribution in [0, 0.1) is 9.39 Å². The van der Waals surface area contributed by atoms with Crippen molar-refractivity contribution in [2.24, 2.45) is 0 Å². The Kier molecular flexibility index (Phi) is 5.46. The fourth-order valence-corrected chi connectivity index (χ4v) is 3.48. The van der Waals surface area contributed by atoms with Gasteiger partial charge in [0, 0.05) is 29.3 Å². The van der Waals surface area contributed by atoms with E-state index in [1.807, 2.05) is 22.6 Å². The van der Waals surface area contributed by atoms with Crippen molar-refractivity contribution < 1.29 is 14.3 Å². The van der Waals surface area contributed by atoms with Gasteiger partial charge in [-0.3, -0.25) is 14.2 Å². The lowest BCUT2D eigenvalue weighted by molar-refractivity contribution is 0.102. The van der Waals surface area contributed by atoms with Crippen molar-refractivity contribution in [3.63, 3.8) is 0 Å². The predicted octanol–water partition coefficient (Wildman–Crippen LogP) is 2.79. The van der Waals surface area contributed by atoms with Crippen molar-refractivity contribution in [1.29, 1.82) is 0 Å². The molecular weight excluding hydrogens is 480 g/mol. The Bertz CT molecular complexity index is 1110. The molecule has 0 saturated heterocycles. The molecule has 7 nitrogen and oxygen atoms in total. The van der Waals surface area contributed by atoms with Crippen molar-refractivity contribution in [3.8, 4) is 5.69 Å². The molecule has 1 N–H and O–H groups in total. The molecule has 148 valence electrons. The van der Waals surface area contributed by atoms with Crippen molar-refractivity contribution in [3.05, 3.63) is 65.8 Å². The van der Waals surface area contributed by atoms with E-state index in [-0.39, 0.29) is 28.7 Å².